The number of H-pyrrole nitrogens is 1. The van der Waals surface area contributed by atoms with Crippen LogP contribution >= 0.6 is 11.6 Å². The molecule has 7 nitrogen and oxygen atoms in total. The van der Waals surface area contributed by atoms with Gasteiger partial charge in [-0.1, -0.05) is 11.6 Å². The SMILES string of the molecule is Nc1nccnc1C(=O)Nc1ccc2[nH]ncc2c1Cl. The van der Waals surface area contributed by atoms with Crippen molar-refractivity contribution in [1.29, 1.82) is 0 Å². The van der Waals surface area contributed by atoms with E-state index in [0.29, 0.717) is 10.7 Å². The lowest BCUT2D eigenvalue weighted by molar-refractivity contribution is 0.102. The maximum atomic E-state index is 12.1. The first kappa shape index (κ1) is 12.4. The largest absolute Gasteiger partial charge is 0.382 e. The van der Waals surface area contributed by atoms with Crippen LogP contribution in [0, 0.1) is 0 Å². The fourth-order valence-electron chi connectivity index (χ4n) is 1.78. The summed E-state index contributed by atoms with van der Waals surface area (Å²) in [6.45, 7) is 0. The monoisotopic (exact) mass is 288 g/mol. The number of hydrogen-bond donors (Lipinski definition) is 3. The van der Waals surface area contributed by atoms with Gasteiger partial charge in [0.2, 0.25) is 0 Å². The second-order valence-corrected chi connectivity index (χ2v) is 4.38. The van der Waals surface area contributed by atoms with E-state index in [1.165, 1.54) is 12.4 Å². The van der Waals surface area contributed by atoms with Gasteiger partial charge in [-0.05, 0) is 12.1 Å². The van der Waals surface area contributed by atoms with Gasteiger partial charge in [-0.2, -0.15) is 5.10 Å². The van der Waals surface area contributed by atoms with E-state index in [1.54, 1.807) is 18.3 Å². The molecule has 100 valence electrons. The number of amides is 1. The molecule has 0 aliphatic heterocycles. The Morgan fingerprint density at radius 1 is 1.30 bits per heavy atom. The number of anilines is 2. The zero-order valence-electron chi connectivity index (χ0n) is 10.1. The summed E-state index contributed by atoms with van der Waals surface area (Å²) < 4.78 is 0. The predicted octanol–water partition coefficient (Wildman–Crippen LogP) is 1.84. The number of hydrogen-bond acceptors (Lipinski definition) is 5. The summed E-state index contributed by atoms with van der Waals surface area (Å²) in [7, 11) is 0. The lowest BCUT2D eigenvalue weighted by atomic mass is 10.2. The Hall–Kier alpha value is -2.67. The smallest absolute Gasteiger partial charge is 0.278 e. The molecule has 20 heavy (non-hydrogen) atoms. The first-order valence-corrected chi connectivity index (χ1v) is 6.04. The Morgan fingerprint density at radius 2 is 2.10 bits per heavy atom. The molecule has 0 atom stereocenters. The Bertz CT molecular complexity index is 799. The number of fused-ring (bicyclic) bond motifs is 1. The quantitative estimate of drug-likeness (QED) is 0.666. The van der Waals surface area contributed by atoms with Gasteiger partial charge in [0.15, 0.2) is 11.5 Å². The molecule has 0 aliphatic carbocycles. The first-order chi connectivity index (χ1) is 9.66. The van der Waals surface area contributed by atoms with Crippen molar-refractivity contribution in [2.75, 3.05) is 11.1 Å². The average molecular weight is 289 g/mol. The van der Waals surface area contributed by atoms with Gasteiger partial charge in [0, 0.05) is 17.8 Å². The molecule has 2 heterocycles. The third kappa shape index (κ3) is 2.04. The third-order valence-electron chi connectivity index (χ3n) is 2.75. The van der Waals surface area contributed by atoms with Crippen molar-refractivity contribution in [3.8, 4) is 0 Å². The van der Waals surface area contributed by atoms with Crippen LogP contribution in [-0.2, 0) is 0 Å². The van der Waals surface area contributed by atoms with E-state index in [4.69, 9.17) is 17.3 Å². The van der Waals surface area contributed by atoms with Gasteiger partial charge in [0.1, 0.15) is 0 Å². The number of halogens is 1. The Balaban J connectivity index is 1.95. The minimum Gasteiger partial charge on any atom is -0.382 e. The van der Waals surface area contributed by atoms with Crippen molar-refractivity contribution in [2.24, 2.45) is 0 Å². The Labute approximate surface area is 118 Å². The van der Waals surface area contributed by atoms with Crippen molar-refractivity contribution in [1.82, 2.24) is 20.2 Å². The number of aromatic amines is 1. The van der Waals surface area contributed by atoms with Crippen molar-refractivity contribution in [3.05, 3.63) is 41.4 Å². The van der Waals surface area contributed by atoms with Gasteiger partial charge >= 0.3 is 0 Å². The molecular formula is C12H9ClN6O. The van der Waals surface area contributed by atoms with Crippen LogP contribution < -0.4 is 11.1 Å². The van der Waals surface area contributed by atoms with E-state index in [9.17, 15) is 4.79 Å². The lowest BCUT2D eigenvalue weighted by Crippen LogP contribution is -2.16. The van der Waals surface area contributed by atoms with E-state index >= 15 is 0 Å². The minimum absolute atomic E-state index is 0.0517. The van der Waals surface area contributed by atoms with Gasteiger partial charge in [0.05, 0.1) is 22.4 Å². The summed E-state index contributed by atoms with van der Waals surface area (Å²) in [4.78, 5) is 19.8. The summed E-state index contributed by atoms with van der Waals surface area (Å²) in [6, 6.07) is 3.44. The maximum Gasteiger partial charge on any atom is 0.278 e. The second-order valence-electron chi connectivity index (χ2n) is 4.00. The lowest BCUT2D eigenvalue weighted by Gasteiger charge is -2.08. The molecular weight excluding hydrogens is 280 g/mol. The average Bonchev–Trinajstić information content (AvgIpc) is 2.91. The van der Waals surface area contributed by atoms with E-state index in [2.05, 4.69) is 25.5 Å². The van der Waals surface area contributed by atoms with E-state index in [0.717, 1.165) is 10.9 Å². The highest BCUT2D eigenvalue weighted by Crippen LogP contribution is 2.30. The predicted molar refractivity (Wildman–Crippen MR) is 75.5 cm³/mol. The molecule has 2 aromatic heterocycles. The Kier molecular flexibility index (Phi) is 2.96. The van der Waals surface area contributed by atoms with Crippen LogP contribution in [0.3, 0.4) is 0 Å². The highest BCUT2D eigenvalue weighted by atomic mass is 35.5. The number of nitrogens with one attached hydrogen (secondary N) is 2. The topological polar surface area (TPSA) is 110 Å². The van der Waals surface area contributed by atoms with E-state index in [-0.39, 0.29) is 11.5 Å². The molecule has 3 rings (SSSR count). The van der Waals surface area contributed by atoms with Gasteiger partial charge in [-0.15, -0.1) is 0 Å². The number of carbonyl (C=O) groups excluding carboxylic acids is 1. The van der Waals surface area contributed by atoms with Gasteiger partial charge in [-0.25, -0.2) is 9.97 Å². The minimum atomic E-state index is -0.472. The standard InChI is InChI=1S/C12H9ClN6O/c13-9-6-5-17-19-7(6)1-2-8(9)18-12(20)10-11(14)16-4-3-15-10/h1-5H,(H2,14,16)(H,17,19)(H,18,20). The molecule has 1 amide bonds. The summed E-state index contributed by atoms with van der Waals surface area (Å²) in [6.07, 6.45) is 4.40. The van der Waals surface area contributed by atoms with E-state index < -0.39 is 5.91 Å². The Morgan fingerprint density at radius 3 is 2.90 bits per heavy atom. The first-order valence-electron chi connectivity index (χ1n) is 5.66. The van der Waals surface area contributed by atoms with E-state index in [1.807, 2.05) is 0 Å². The zero-order valence-corrected chi connectivity index (χ0v) is 10.8. The number of nitrogen functional groups attached to an aromatic ring is 1. The van der Waals surface area contributed by atoms with Crippen molar-refractivity contribution in [2.45, 2.75) is 0 Å². The molecule has 0 spiro atoms. The molecule has 4 N–H and O–H groups in total. The fraction of sp³-hybridized carbons (Fsp3) is 0. The van der Waals surface area contributed by atoms with Crippen LogP contribution in [-0.4, -0.2) is 26.1 Å². The molecule has 8 heteroatoms. The molecule has 0 radical (unpaired) electrons. The number of rotatable bonds is 2. The number of aromatic nitrogens is 4. The summed E-state index contributed by atoms with van der Waals surface area (Å²) in [5, 5.41) is 10.5. The highest BCUT2D eigenvalue weighted by Gasteiger charge is 2.15. The van der Waals surface area contributed by atoms with Gasteiger partial charge in [-0.3, -0.25) is 9.89 Å². The van der Waals surface area contributed by atoms with Crippen molar-refractivity contribution >= 4 is 39.9 Å². The number of benzene rings is 1. The summed E-state index contributed by atoms with van der Waals surface area (Å²) in [5.74, 6) is -0.411. The number of nitrogens with two attached hydrogens (primary N) is 1. The van der Waals surface area contributed by atoms with Crippen LogP contribution in [0.15, 0.2) is 30.7 Å². The molecule has 3 aromatic rings. The van der Waals surface area contributed by atoms with Gasteiger partial charge in [0.25, 0.3) is 5.91 Å². The van der Waals surface area contributed by atoms with Crippen molar-refractivity contribution in [3.63, 3.8) is 0 Å². The zero-order chi connectivity index (χ0) is 14.1. The van der Waals surface area contributed by atoms with Gasteiger partial charge < -0.3 is 11.1 Å². The molecule has 1 aromatic carbocycles. The maximum absolute atomic E-state index is 12.1. The summed E-state index contributed by atoms with van der Waals surface area (Å²) >= 11 is 6.21. The molecule has 0 bridgehead atoms. The van der Waals surface area contributed by atoms with Crippen LogP contribution in [0.4, 0.5) is 11.5 Å². The van der Waals surface area contributed by atoms with Crippen LogP contribution in [0.5, 0.6) is 0 Å². The highest BCUT2D eigenvalue weighted by molar-refractivity contribution is 6.38. The molecule has 0 unspecified atom stereocenters. The van der Waals surface area contributed by atoms with Crippen LogP contribution in [0.2, 0.25) is 5.02 Å². The number of carbonyl (C=O) groups is 1. The fourth-order valence-corrected chi connectivity index (χ4v) is 2.05. The van der Waals surface area contributed by atoms with Crippen molar-refractivity contribution < 1.29 is 4.79 Å². The van der Waals surface area contributed by atoms with Crippen LogP contribution in [0.25, 0.3) is 10.9 Å². The molecule has 0 saturated heterocycles. The van der Waals surface area contributed by atoms with Crippen LogP contribution in [0.1, 0.15) is 10.5 Å². The molecule has 0 saturated carbocycles. The second kappa shape index (κ2) is 4.78. The summed E-state index contributed by atoms with van der Waals surface area (Å²) in [5.41, 5.74) is 6.90. The normalized spacial score (nSPS) is 10.7. The number of nitrogens with zero attached hydrogens (tertiary/aromatic N) is 3. The third-order valence-corrected chi connectivity index (χ3v) is 3.16. The molecule has 0 fully saturated rings. The molecule has 0 aliphatic rings.